The number of nitrogens with one attached hydrogen (secondary N) is 1. The Bertz CT molecular complexity index is 493. The maximum absolute atomic E-state index is 11.2. The number of hydrogen-bond acceptors (Lipinski definition) is 3. The highest BCUT2D eigenvalue weighted by Gasteiger charge is 2.10. The van der Waals surface area contributed by atoms with Crippen LogP contribution in [0.15, 0.2) is 18.3 Å². The van der Waals surface area contributed by atoms with E-state index in [0.717, 1.165) is 5.39 Å². The maximum atomic E-state index is 11.2. The van der Waals surface area contributed by atoms with E-state index in [9.17, 15) is 4.79 Å². The van der Waals surface area contributed by atoms with Crippen LogP contribution in [0.2, 0.25) is 5.15 Å². The van der Waals surface area contributed by atoms with Crippen LogP contribution in [0.1, 0.15) is 10.5 Å². The number of carbonyl (C=O) groups is 1. The molecule has 0 fully saturated rings. The molecule has 2 rings (SSSR count). The first-order valence-corrected chi connectivity index (χ1v) is 4.31. The smallest absolute Gasteiger partial charge is 0.354 e. The van der Waals surface area contributed by atoms with Crippen molar-refractivity contribution in [2.45, 2.75) is 0 Å². The van der Waals surface area contributed by atoms with Crippen LogP contribution in [0.4, 0.5) is 0 Å². The van der Waals surface area contributed by atoms with Gasteiger partial charge in [0.2, 0.25) is 0 Å². The van der Waals surface area contributed by atoms with E-state index in [-0.39, 0.29) is 0 Å². The number of hydrogen-bond donors (Lipinski definition) is 1. The van der Waals surface area contributed by atoms with Gasteiger partial charge >= 0.3 is 5.97 Å². The molecule has 0 aliphatic carbocycles. The highest BCUT2D eigenvalue weighted by molar-refractivity contribution is 6.33. The Hall–Kier alpha value is -1.55. The number of esters is 1. The summed E-state index contributed by atoms with van der Waals surface area (Å²) < 4.78 is 4.57. The SMILES string of the molecule is COC(=O)c1cc2ccnc(Cl)c2[nH]1. The van der Waals surface area contributed by atoms with Crippen LogP contribution in [-0.2, 0) is 4.74 Å². The van der Waals surface area contributed by atoms with Crippen molar-refractivity contribution in [3.63, 3.8) is 0 Å². The van der Waals surface area contributed by atoms with Gasteiger partial charge in [0.25, 0.3) is 0 Å². The molecule has 2 heterocycles. The van der Waals surface area contributed by atoms with Gasteiger partial charge in [-0.2, -0.15) is 0 Å². The molecule has 2 aromatic rings. The highest BCUT2D eigenvalue weighted by Crippen LogP contribution is 2.21. The molecule has 0 spiro atoms. The fourth-order valence-corrected chi connectivity index (χ4v) is 1.45. The zero-order valence-corrected chi connectivity index (χ0v) is 8.13. The third kappa shape index (κ3) is 1.33. The van der Waals surface area contributed by atoms with Crippen molar-refractivity contribution in [1.29, 1.82) is 0 Å². The molecular formula is C9H7ClN2O2. The second-order valence-corrected chi connectivity index (χ2v) is 3.10. The minimum atomic E-state index is -0.419. The van der Waals surface area contributed by atoms with Gasteiger partial charge in [-0.3, -0.25) is 0 Å². The summed E-state index contributed by atoms with van der Waals surface area (Å²) in [6.07, 6.45) is 1.58. The number of rotatable bonds is 1. The summed E-state index contributed by atoms with van der Waals surface area (Å²) in [6.45, 7) is 0. The molecule has 0 aliphatic rings. The van der Waals surface area contributed by atoms with Gasteiger partial charge < -0.3 is 9.72 Å². The average Bonchev–Trinajstić information content (AvgIpc) is 2.62. The van der Waals surface area contributed by atoms with Gasteiger partial charge in [0.05, 0.1) is 12.6 Å². The molecule has 0 bridgehead atoms. The molecule has 0 aromatic carbocycles. The number of halogens is 1. The zero-order valence-electron chi connectivity index (χ0n) is 7.37. The third-order valence-corrected chi connectivity index (χ3v) is 2.19. The number of pyridine rings is 1. The Morgan fingerprint density at radius 2 is 2.43 bits per heavy atom. The van der Waals surface area contributed by atoms with E-state index in [1.54, 1.807) is 18.3 Å². The minimum Gasteiger partial charge on any atom is -0.464 e. The largest absolute Gasteiger partial charge is 0.464 e. The summed E-state index contributed by atoms with van der Waals surface area (Å²) in [5, 5.41) is 1.18. The number of ether oxygens (including phenoxy) is 1. The van der Waals surface area contributed by atoms with Crippen molar-refractivity contribution in [2.75, 3.05) is 7.11 Å². The monoisotopic (exact) mass is 210 g/mol. The van der Waals surface area contributed by atoms with Crippen molar-refractivity contribution in [3.05, 3.63) is 29.2 Å². The summed E-state index contributed by atoms with van der Waals surface area (Å²) >= 11 is 5.82. The van der Waals surface area contributed by atoms with Crippen molar-refractivity contribution in [3.8, 4) is 0 Å². The van der Waals surface area contributed by atoms with Gasteiger partial charge in [0.15, 0.2) is 5.15 Å². The summed E-state index contributed by atoms with van der Waals surface area (Å²) in [4.78, 5) is 17.9. The third-order valence-electron chi connectivity index (χ3n) is 1.90. The number of aromatic nitrogens is 2. The summed E-state index contributed by atoms with van der Waals surface area (Å²) in [5.41, 5.74) is 1.02. The molecule has 5 heteroatoms. The number of fused-ring (bicyclic) bond motifs is 1. The molecule has 4 nitrogen and oxygen atoms in total. The molecule has 0 radical (unpaired) electrons. The van der Waals surface area contributed by atoms with E-state index >= 15 is 0 Å². The van der Waals surface area contributed by atoms with Gasteiger partial charge in [0, 0.05) is 11.6 Å². The Morgan fingerprint density at radius 3 is 3.07 bits per heavy atom. The summed E-state index contributed by atoms with van der Waals surface area (Å²) in [5.74, 6) is -0.419. The van der Waals surface area contributed by atoms with Crippen LogP contribution in [0, 0.1) is 0 Å². The molecular weight excluding hydrogens is 204 g/mol. The molecule has 14 heavy (non-hydrogen) atoms. The van der Waals surface area contributed by atoms with Gasteiger partial charge in [-0.05, 0) is 12.1 Å². The second-order valence-electron chi connectivity index (χ2n) is 2.74. The molecule has 0 unspecified atom stereocenters. The lowest BCUT2D eigenvalue weighted by Crippen LogP contribution is -2.00. The van der Waals surface area contributed by atoms with Crippen molar-refractivity contribution < 1.29 is 9.53 Å². The van der Waals surface area contributed by atoms with Crippen LogP contribution < -0.4 is 0 Å². The van der Waals surface area contributed by atoms with E-state index < -0.39 is 5.97 Å². The fraction of sp³-hybridized carbons (Fsp3) is 0.111. The fourth-order valence-electron chi connectivity index (χ4n) is 1.24. The van der Waals surface area contributed by atoms with Gasteiger partial charge in [-0.1, -0.05) is 11.6 Å². The van der Waals surface area contributed by atoms with Crippen molar-refractivity contribution in [1.82, 2.24) is 9.97 Å². The average molecular weight is 211 g/mol. The van der Waals surface area contributed by atoms with Crippen LogP contribution >= 0.6 is 11.6 Å². The van der Waals surface area contributed by atoms with E-state index in [2.05, 4.69) is 14.7 Å². The topological polar surface area (TPSA) is 55.0 Å². The number of methoxy groups -OCH3 is 1. The number of aromatic amines is 1. The normalized spacial score (nSPS) is 10.4. The Morgan fingerprint density at radius 1 is 1.64 bits per heavy atom. The molecule has 0 saturated carbocycles. The van der Waals surface area contributed by atoms with Gasteiger partial charge in [-0.25, -0.2) is 9.78 Å². The van der Waals surface area contributed by atoms with Crippen molar-refractivity contribution in [2.24, 2.45) is 0 Å². The predicted octanol–water partition coefficient (Wildman–Crippen LogP) is 2.00. The molecule has 0 aliphatic heterocycles. The zero-order chi connectivity index (χ0) is 10.1. The van der Waals surface area contributed by atoms with Crippen LogP contribution in [0.3, 0.4) is 0 Å². The lowest BCUT2D eigenvalue weighted by molar-refractivity contribution is 0.0595. The predicted molar refractivity (Wildman–Crippen MR) is 52.4 cm³/mol. The highest BCUT2D eigenvalue weighted by atomic mass is 35.5. The number of H-pyrrole nitrogens is 1. The molecule has 72 valence electrons. The second kappa shape index (κ2) is 3.31. The molecule has 0 atom stereocenters. The lowest BCUT2D eigenvalue weighted by Gasteiger charge is -1.92. The van der Waals surface area contributed by atoms with E-state index in [1.165, 1.54) is 7.11 Å². The lowest BCUT2D eigenvalue weighted by atomic mass is 10.3. The summed E-state index contributed by atoms with van der Waals surface area (Å²) in [6, 6.07) is 3.44. The van der Waals surface area contributed by atoms with Crippen LogP contribution in [0.5, 0.6) is 0 Å². The summed E-state index contributed by atoms with van der Waals surface area (Å²) in [7, 11) is 1.33. The first kappa shape index (κ1) is 9.02. The standard InChI is InChI=1S/C9H7ClN2O2/c1-14-9(13)6-4-5-2-3-11-8(10)7(5)12-6/h2-4,12H,1H3. The quantitative estimate of drug-likeness (QED) is 0.579. The first-order valence-electron chi connectivity index (χ1n) is 3.94. The van der Waals surface area contributed by atoms with Crippen LogP contribution in [-0.4, -0.2) is 23.0 Å². The van der Waals surface area contributed by atoms with E-state index in [0.29, 0.717) is 16.4 Å². The molecule has 1 N–H and O–H groups in total. The van der Waals surface area contributed by atoms with Crippen LogP contribution in [0.25, 0.3) is 10.9 Å². The van der Waals surface area contributed by atoms with Gasteiger partial charge in [-0.15, -0.1) is 0 Å². The molecule has 2 aromatic heterocycles. The Kier molecular flexibility index (Phi) is 2.13. The van der Waals surface area contributed by atoms with Gasteiger partial charge in [0.1, 0.15) is 5.69 Å². The van der Waals surface area contributed by atoms with E-state index in [1.807, 2.05) is 0 Å². The molecule has 0 saturated heterocycles. The Balaban J connectivity index is 2.62. The molecule has 0 amide bonds. The maximum Gasteiger partial charge on any atom is 0.354 e. The van der Waals surface area contributed by atoms with E-state index in [4.69, 9.17) is 11.6 Å². The first-order chi connectivity index (χ1) is 6.72. The number of carbonyl (C=O) groups excluding carboxylic acids is 1. The van der Waals surface area contributed by atoms with Crippen molar-refractivity contribution >= 4 is 28.5 Å². The minimum absolute atomic E-state index is 0.345. The Labute approximate surface area is 84.9 Å². The number of nitrogens with zero attached hydrogens (tertiary/aromatic N) is 1.